The number of hydrogen-bond donors (Lipinski definition) is 12. The van der Waals surface area contributed by atoms with Gasteiger partial charge in [0.2, 0.25) is 5.91 Å². The number of amides is 1. The highest BCUT2D eigenvalue weighted by Crippen LogP contribution is 2.33. The molecule has 0 spiro atoms. The van der Waals surface area contributed by atoms with E-state index in [-0.39, 0.29) is 18.9 Å². The zero-order chi connectivity index (χ0) is 78.8. The Balaban J connectivity index is 1.35. The summed E-state index contributed by atoms with van der Waals surface area (Å²) >= 11 is 0. The molecular formula is C90H157NO18. The summed E-state index contributed by atoms with van der Waals surface area (Å²) in [5.41, 5.74) is 0. The van der Waals surface area contributed by atoms with Crippen molar-refractivity contribution in [2.24, 2.45) is 0 Å². The molecule has 19 nitrogen and oxygen atoms in total. The van der Waals surface area contributed by atoms with Gasteiger partial charge in [0.25, 0.3) is 0 Å². The third-order valence-electron chi connectivity index (χ3n) is 21.1. The summed E-state index contributed by atoms with van der Waals surface area (Å²) in [7, 11) is 0. The molecule has 3 aliphatic rings. The van der Waals surface area contributed by atoms with E-state index in [1.54, 1.807) is 6.08 Å². The standard InChI is InChI=1S/C90H157NO18/c1-3-5-7-9-11-13-15-17-19-21-23-25-27-29-31-33-34-35-36-37-38-40-42-44-46-48-50-52-54-56-58-60-62-64-66-68-78(96)91-73(74(95)67-65-63-61-59-57-55-53-51-49-47-45-43-41-39-32-30-28-26-24-22-20-18-16-14-12-10-8-6-4-2)72-104-88-84(102)81(99)86(76(70-93)106-88)109-90-85(103)82(100)87(77(71-94)107-90)108-89-83(101)80(98)79(97)75(69-92)105-89/h5,7,11,13,17,19,23,25,29,31,34-35,37-38,42,44,65,67,73-77,79-90,92-95,97-103H,3-4,6,8-10,12,14-16,18,20-22,24,26-28,30,32-33,36,39-41,43,45-64,66,68-72H2,1-2H3,(H,91,96)/b7-5-,13-11-,19-17-,25-23-,31-29-,35-34-,38-37-,44-42-,67-65+. The molecule has 3 fully saturated rings. The highest BCUT2D eigenvalue weighted by molar-refractivity contribution is 5.76. The minimum Gasteiger partial charge on any atom is -0.394 e. The fraction of sp³-hybridized carbons (Fsp3) is 0.789. The first kappa shape index (κ1) is 99.6. The highest BCUT2D eigenvalue weighted by atomic mass is 16.8. The molecule has 0 aromatic carbocycles. The van der Waals surface area contributed by atoms with Crippen LogP contribution in [-0.4, -0.2) is 193 Å². The quantitative estimate of drug-likeness (QED) is 0.0199. The van der Waals surface area contributed by atoms with Gasteiger partial charge in [-0.15, -0.1) is 0 Å². The van der Waals surface area contributed by atoms with Gasteiger partial charge in [0, 0.05) is 6.42 Å². The van der Waals surface area contributed by atoms with Gasteiger partial charge >= 0.3 is 0 Å². The molecule has 3 aliphatic heterocycles. The van der Waals surface area contributed by atoms with E-state index >= 15 is 0 Å². The lowest BCUT2D eigenvalue weighted by molar-refractivity contribution is -0.379. The topological polar surface area (TPSA) is 307 Å². The second kappa shape index (κ2) is 68.8. The fourth-order valence-corrected chi connectivity index (χ4v) is 14.2. The number of aliphatic hydroxyl groups is 11. The van der Waals surface area contributed by atoms with E-state index in [4.69, 9.17) is 28.4 Å². The average Bonchev–Trinajstić information content (AvgIpc) is 0.749. The molecule has 3 saturated heterocycles. The van der Waals surface area contributed by atoms with Crippen LogP contribution in [0.2, 0.25) is 0 Å². The lowest BCUT2D eigenvalue weighted by atomic mass is 9.96. The van der Waals surface area contributed by atoms with Crippen molar-refractivity contribution in [2.75, 3.05) is 26.4 Å². The van der Waals surface area contributed by atoms with Crippen molar-refractivity contribution in [2.45, 2.75) is 426 Å². The average molecular weight is 1540 g/mol. The van der Waals surface area contributed by atoms with Gasteiger partial charge in [-0.2, -0.15) is 0 Å². The van der Waals surface area contributed by atoms with Gasteiger partial charge < -0.3 is 89.9 Å². The summed E-state index contributed by atoms with van der Waals surface area (Å²) < 4.78 is 34.5. The molecule has 0 aromatic rings. The number of allylic oxidation sites excluding steroid dienone is 17. The van der Waals surface area contributed by atoms with Crippen molar-refractivity contribution in [3.63, 3.8) is 0 Å². The van der Waals surface area contributed by atoms with E-state index in [1.165, 1.54) is 186 Å². The minimum absolute atomic E-state index is 0.232. The molecule has 3 heterocycles. The van der Waals surface area contributed by atoms with Crippen LogP contribution in [-0.2, 0) is 33.2 Å². The van der Waals surface area contributed by atoms with Crippen molar-refractivity contribution < 1.29 is 89.4 Å². The number of hydrogen-bond acceptors (Lipinski definition) is 18. The first-order valence-corrected chi connectivity index (χ1v) is 43.6. The SMILES string of the molecule is CC/C=C\C/C=C\C/C=C\C/C=C\C/C=C\C/C=C\C/C=C\C/C=C\CCCCCCCCCCCCC(=O)NC(COC1OC(CO)C(OC2OC(CO)C(OC3OC(CO)C(O)C(O)C3O)C(O)C2O)C(O)C1O)C(O)/C=C/CCCCCCCCCCCCCCCCCCCCCCCCCCCCC. The van der Waals surface area contributed by atoms with E-state index in [1.807, 2.05) is 6.08 Å². The number of carbonyl (C=O) groups is 1. The maximum Gasteiger partial charge on any atom is 0.220 e. The molecule has 0 saturated carbocycles. The van der Waals surface area contributed by atoms with Crippen LogP contribution in [0.3, 0.4) is 0 Å². The Morgan fingerprint density at radius 1 is 0.339 bits per heavy atom. The molecule has 19 heteroatoms. The van der Waals surface area contributed by atoms with Gasteiger partial charge in [0.05, 0.1) is 38.6 Å². The van der Waals surface area contributed by atoms with E-state index in [0.717, 1.165) is 109 Å². The molecule has 17 unspecified atom stereocenters. The van der Waals surface area contributed by atoms with Crippen LogP contribution in [0, 0.1) is 0 Å². The Labute approximate surface area is 659 Å². The van der Waals surface area contributed by atoms with Crippen LogP contribution in [0.25, 0.3) is 0 Å². The smallest absolute Gasteiger partial charge is 0.220 e. The Morgan fingerprint density at radius 2 is 0.633 bits per heavy atom. The van der Waals surface area contributed by atoms with Gasteiger partial charge in [0.1, 0.15) is 73.2 Å². The third-order valence-corrected chi connectivity index (χ3v) is 21.1. The molecule has 3 rings (SSSR count). The molecule has 1 amide bonds. The summed E-state index contributed by atoms with van der Waals surface area (Å²) in [6, 6.07) is -0.985. The lowest BCUT2D eigenvalue weighted by Crippen LogP contribution is -2.66. The van der Waals surface area contributed by atoms with Gasteiger partial charge in [-0.3, -0.25) is 4.79 Å². The number of carbonyl (C=O) groups excluding carboxylic acids is 1. The first-order chi connectivity index (χ1) is 53.3. The molecular weight excluding hydrogens is 1380 g/mol. The summed E-state index contributed by atoms with van der Waals surface area (Å²) in [6.45, 7) is 1.65. The highest BCUT2D eigenvalue weighted by Gasteiger charge is 2.54. The van der Waals surface area contributed by atoms with Crippen molar-refractivity contribution in [1.82, 2.24) is 5.32 Å². The first-order valence-electron chi connectivity index (χ1n) is 43.6. The Hall–Kier alpha value is -3.55. The monoisotopic (exact) mass is 1540 g/mol. The molecule has 630 valence electrons. The van der Waals surface area contributed by atoms with E-state index in [0.29, 0.717) is 6.42 Å². The van der Waals surface area contributed by atoms with Crippen LogP contribution in [0.4, 0.5) is 0 Å². The summed E-state index contributed by atoms with van der Waals surface area (Å²) in [5, 5.41) is 121. The predicted octanol–water partition coefficient (Wildman–Crippen LogP) is 16.1. The molecule has 0 aromatic heterocycles. The van der Waals surface area contributed by atoms with Crippen LogP contribution >= 0.6 is 0 Å². The zero-order valence-electron chi connectivity index (χ0n) is 67.8. The largest absolute Gasteiger partial charge is 0.394 e. The lowest BCUT2D eigenvalue weighted by Gasteiger charge is -2.48. The third kappa shape index (κ3) is 47.8. The number of nitrogens with one attached hydrogen (secondary N) is 1. The van der Waals surface area contributed by atoms with Crippen molar-refractivity contribution in [3.05, 3.63) is 109 Å². The van der Waals surface area contributed by atoms with Crippen molar-refractivity contribution in [3.8, 4) is 0 Å². The summed E-state index contributed by atoms with van der Waals surface area (Å²) in [6.07, 6.45) is 69.3. The van der Waals surface area contributed by atoms with Crippen LogP contribution in [0.5, 0.6) is 0 Å². The maximum absolute atomic E-state index is 13.5. The number of unbranched alkanes of at least 4 members (excludes halogenated alkanes) is 37. The molecule has 0 radical (unpaired) electrons. The molecule has 0 aliphatic carbocycles. The number of ether oxygens (including phenoxy) is 6. The Kier molecular flexibility index (Phi) is 62.9. The van der Waals surface area contributed by atoms with Crippen molar-refractivity contribution in [1.29, 1.82) is 0 Å². The summed E-state index contributed by atoms with van der Waals surface area (Å²) in [4.78, 5) is 13.5. The fourth-order valence-electron chi connectivity index (χ4n) is 14.2. The normalized spacial score (nSPS) is 25.8. The van der Waals surface area contributed by atoms with E-state index in [2.05, 4.69) is 116 Å². The van der Waals surface area contributed by atoms with Crippen molar-refractivity contribution >= 4 is 5.91 Å². The Bertz CT molecular complexity index is 2390. The number of aliphatic hydroxyl groups excluding tert-OH is 11. The van der Waals surface area contributed by atoms with Gasteiger partial charge in [-0.05, 0) is 83.5 Å². The molecule has 12 N–H and O–H groups in total. The van der Waals surface area contributed by atoms with Crippen LogP contribution in [0.15, 0.2) is 109 Å². The van der Waals surface area contributed by atoms with Crippen LogP contribution in [0.1, 0.15) is 322 Å². The zero-order valence-corrected chi connectivity index (χ0v) is 67.8. The molecule has 17 atom stereocenters. The number of rotatable bonds is 69. The molecule has 0 bridgehead atoms. The van der Waals surface area contributed by atoms with E-state index in [9.17, 15) is 61.0 Å². The Morgan fingerprint density at radius 3 is 0.991 bits per heavy atom. The summed E-state index contributed by atoms with van der Waals surface area (Å²) in [5.74, 6) is -0.281. The van der Waals surface area contributed by atoms with Gasteiger partial charge in [-0.25, -0.2) is 0 Å². The molecule has 109 heavy (non-hydrogen) atoms. The van der Waals surface area contributed by atoms with Crippen LogP contribution < -0.4 is 5.32 Å². The van der Waals surface area contributed by atoms with E-state index < -0.39 is 124 Å². The second-order valence-corrected chi connectivity index (χ2v) is 30.6. The van der Waals surface area contributed by atoms with Gasteiger partial charge in [0.15, 0.2) is 18.9 Å². The maximum atomic E-state index is 13.5. The van der Waals surface area contributed by atoms with Gasteiger partial charge in [-0.1, -0.05) is 342 Å². The predicted molar refractivity (Wildman–Crippen MR) is 438 cm³/mol. The second-order valence-electron chi connectivity index (χ2n) is 30.6. The minimum atomic E-state index is -1.98.